The van der Waals surface area contributed by atoms with Crippen LogP contribution in [0.5, 0.6) is 0 Å². The maximum absolute atomic E-state index is 13.3. The van der Waals surface area contributed by atoms with Crippen LogP contribution in [-0.2, 0) is 15.0 Å². The zero-order valence-electron chi connectivity index (χ0n) is 15.1. The Kier molecular flexibility index (Phi) is 3.97. The van der Waals surface area contributed by atoms with Crippen molar-refractivity contribution in [2.75, 3.05) is 16.8 Å². The first kappa shape index (κ1) is 16.8. The van der Waals surface area contributed by atoms with Crippen molar-refractivity contribution in [1.82, 2.24) is 5.32 Å². The van der Waals surface area contributed by atoms with Crippen molar-refractivity contribution in [3.05, 3.63) is 46.7 Å². The molecule has 1 aromatic carbocycles. The molecule has 27 heavy (non-hydrogen) atoms. The predicted molar refractivity (Wildman–Crippen MR) is 107 cm³/mol. The van der Waals surface area contributed by atoms with Gasteiger partial charge in [-0.05, 0) is 42.8 Å². The first-order valence-electron chi connectivity index (χ1n) is 9.69. The van der Waals surface area contributed by atoms with E-state index in [4.69, 9.17) is 0 Å². The van der Waals surface area contributed by atoms with E-state index in [9.17, 15) is 9.59 Å². The molecule has 2 aliphatic heterocycles. The number of carbonyl (C=O) groups excluding carboxylic acids is 2. The second kappa shape index (κ2) is 6.37. The number of hydrogen-bond donors (Lipinski definition) is 2. The molecule has 1 aromatic heterocycles. The Morgan fingerprint density at radius 1 is 1.19 bits per heavy atom. The Balaban J connectivity index is 1.37. The van der Waals surface area contributed by atoms with Gasteiger partial charge in [0, 0.05) is 17.5 Å². The number of anilines is 2. The molecule has 1 saturated carbocycles. The highest BCUT2D eigenvalue weighted by Crippen LogP contribution is 2.44. The number of nitrogens with zero attached hydrogens (tertiary/aromatic N) is 1. The van der Waals surface area contributed by atoms with E-state index in [0.717, 1.165) is 37.1 Å². The molecule has 5 nitrogen and oxygen atoms in total. The predicted octanol–water partition coefficient (Wildman–Crippen LogP) is 3.28. The zero-order chi connectivity index (χ0) is 18.4. The molecule has 6 heteroatoms. The normalized spacial score (nSPS) is 25.6. The minimum atomic E-state index is -0.378. The molecule has 5 rings (SSSR count). The van der Waals surface area contributed by atoms with Crippen molar-refractivity contribution in [3.8, 4) is 0 Å². The summed E-state index contributed by atoms with van der Waals surface area (Å²) in [5.41, 5.74) is 1.53. The lowest BCUT2D eigenvalue weighted by molar-refractivity contribution is -0.127. The standard InChI is InChI=1S/C21H23N3O2S/c25-19-17-12-14(13-24(17)16-7-2-1-6-15(16)23-19)22-20(26)21(9-3-4-10-21)18-8-5-11-27-18/h1-2,5-8,11,14,17H,3-4,9-10,12-13H2,(H,22,26)(H,23,25). The summed E-state index contributed by atoms with van der Waals surface area (Å²) in [5, 5.41) is 8.36. The van der Waals surface area contributed by atoms with Crippen LogP contribution in [0.3, 0.4) is 0 Å². The minimum Gasteiger partial charge on any atom is -0.356 e. The van der Waals surface area contributed by atoms with E-state index in [0.29, 0.717) is 13.0 Å². The molecular weight excluding hydrogens is 358 g/mol. The summed E-state index contributed by atoms with van der Waals surface area (Å²) in [7, 11) is 0. The van der Waals surface area contributed by atoms with E-state index in [1.165, 1.54) is 4.88 Å². The van der Waals surface area contributed by atoms with Crippen molar-refractivity contribution in [2.45, 2.75) is 49.6 Å². The summed E-state index contributed by atoms with van der Waals surface area (Å²) >= 11 is 1.68. The fourth-order valence-electron chi connectivity index (χ4n) is 4.94. The molecule has 0 radical (unpaired) electrons. The first-order valence-corrected chi connectivity index (χ1v) is 10.6. The summed E-state index contributed by atoms with van der Waals surface area (Å²) in [4.78, 5) is 29.2. The molecule has 2 amide bonds. The number of amides is 2. The van der Waals surface area contributed by atoms with Crippen LogP contribution in [0.15, 0.2) is 41.8 Å². The fourth-order valence-corrected chi connectivity index (χ4v) is 5.92. The van der Waals surface area contributed by atoms with Gasteiger partial charge in [0.2, 0.25) is 11.8 Å². The second-order valence-corrected chi connectivity index (χ2v) is 8.79. The molecule has 1 saturated heterocycles. The third-order valence-electron chi connectivity index (χ3n) is 6.29. The van der Waals surface area contributed by atoms with Crippen LogP contribution >= 0.6 is 11.3 Å². The maximum atomic E-state index is 13.3. The Morgan fingerprint density at radius 2 is 2.00 bits per heavy atom. The molecule has 2 fully saturated rings. The number of rotatable bonds is 3. The SMILES string of the molecule is O=C1Nc2ccccc2N2CC(NC(=O)C3(c4cccs4)CCCC3)CC12. The highest BCUT2D eigenvalue weighted by molar-refractivity contribution is 7.10. The van der Waals surface area contributed by atoms with Gasteiger partial charge in [-0.2, -0.15) is 0 Å². The van der Waals surface area contributed by atoms with Crippen molar-refractivity contribution in [3.63, 3.8) is 0 Å². The van der Waals surface area contributed by atoms with Crippen LogP contribution in [0, 0.1) is 0 Å². The van der Waals surface area contributed by atoms with Crippen LogP contribution in [0.25, 0.3) is 0 Å². The van der Waals surface area contributed by atoms with E-state index in [1.807, 2.05) is 30.3 Å². The summed E-state index contributed by atoms with van der Waals surface area (Å²) in [6.07, 6.45) is 4.69. The number of para-hydroxylation sites is 2. The summed E-state index contributed by atoms with van der Waals surface area (Å²) in [5.74, 6) is 0.167. The molecule has 2 aromatic rings. The molecule has 0 bridgehead atoms. The van der Waals surface area contributed by atoms with E-state index >= 15 is 0 Å². The van der Waals surface area contributed by atoms with Gasteiger partial charge in [0.15, 0.2) is 0 Å². The van der Waals surface area contributed by atoms with Crippen molar-refractivity contribution in [1.29, 1.82) is 0 Å². The zero-order valence-corrected chi connectivity index (χ0v) is 15.9. The van der Waals surface area contributed by atoms with Crippen LogP contribution in [0.1, 0.15) is 37.0 Å². The molecule has 140 valence electrons. The third-order valence-corrected chi connectivity index (χ3v) is 7.37. The van der Waals surface area contributed by atoms with Crippen molar-refractivity contribution in [2.24, 2.45) is 0 Å². The van der Waals surface area contributed by atoms with E-state index in [-0.39, 0.29) is 29.3 Å². The highest BCUT2D eigenvalue weighted by Gasteiger charge is 2.46. The van der Waals surface area contributed by atoms with E-state index in [2.05, 4.69) is 27.0 Å². The minimum absolute atomic E-state index is 0.00292. The van der Waals surface area contributed by atoms with Gasteiger partial charge in [0.1, 0.15) is 6.04 Å². The largest absolute Gasteiger partial charge is 0.356 e. The van der Waals surface area contributed by atoms with Crippen LogP contribution in [0.4, 0.5) is 11.4 Å². The van der Waals surface area contributed by atoms with Gasteiger partial charge in [-0.1, -0.05) is 31.0 Å². The van der Waals surface area contributed by atoms with E-state index < -0.39 is 0 Å². The third kappa shape index (κ3) is 2.65. The van der Waals surface area contributed by atoms with Gasteiger partial charge in [0.05, 0.1) is 16.8 Å². The van der Waals surface area contributed by atoms with Gasteiger partial charge in [-0.15, -0.1) is 11.3 Å². The van der Waals surface area contributed by atoms with Gasteiger partial charge in [0.25, 0.3) is 0 Å². The first-order chi connectivity index (χ1) is 13.2. The monoisotopic (exact) mass is 381 g/mol. The number of carbonyl (C=O) groups is 2. The lowest BCUT2D eigenvalue weighted by Gasteiger charge is -2.32. The van der Waals surface area contributed by atoms with Gasteiger partial charge < -0.3 is 15.5 Å². The molecular formula is C21H23N3O2S. The van der Waals surface area contributed by atoms with Gasteiger partial charge in [-0.3, -0.25) is 9.59 Å². The Hall–Kier alpha value is -2.34. The van der Waals surface area contributed by atoms with Crippen molar-refractivity contribution < 1.29 is 9.59 Å². The average molecular weight is 382 g/mol. The summed E-state index contributed by atoms with van der Waals surface area (Å²) < 4.78 is 0. The van der Waals surface area contributed by atoms with Crippen molar-refractivity contribution >= 4 is 34.5 Å². The molecule has 3 heterocycles. The number of fused-ring (bicyclic) bond motifs is 3. The topological polar surface area (TPSA) is 61.4 Å². The molecule has 0 spiro atoms. The molecule has 2 unspecified atom stereocenters. The lowest BCUT2D eigenvalue weighted by atomic mass is 9.83. The number of hydrogen-bond acceptors (Lipinski definition) is 4. The Labute approximate surface area is 162 Å². The highest BCUT2D eigenvalue weighted by atomic mass is 32.1. The van der Waals surface area contributed by atoms with E-state index in [1.54, 1.807) is 11.3 Å². The number of nitrogens with one attached hydrogen (secondary N) is 2. The molecule has 2 N–H and O–H groups in total. The van der Waals surface area contributed by atoms with Gasteiger partial charge in [-0.25, -0.2) is 0 Å². The average Bonchev–Trinajstić information content (AvgIpc) is 3.42. The Bertz CT molecular complexity index is 873. The molecule has 2 atom stereocenters. The van der Waals surface area contributed by atoms with Gasteiger partial charge >= 0.3 is 0 Å². The number of benzene rings is 1. The fraction of sp³-hybridized carbons (Fsp3) is 0.429. The summed E-state index contributed by atoms with van der Waals surface area (Å²) in [6.45, 7) is 0.682. The Morgan fingerprint density at radius 3 is 2.78 bits per heavy atom. The number of thiophene rings is 1. The lowest BCUT2D eigenvalue weighted by Crippen LogP contribution is -2.47. The second-order valence-electron chi connectivity index (χ2n) is 7.85. The molecule has 1 aliphatic carbocycles. The van der Waals surface area contributed by atoms with Crippen LogP contribution < -0.4 is 15.5 Å². The van der Waals surface area contributed by atoms with Crippen LogP contribution in [-0.4, -0.2) is 30.4 Å². The molecule has 3 aliphatic rings. The quantitative estimate of drug-likeness (QED) is 0.858. The summed E-state index contributed by atoms with van der Waals surface area (Å²) in [6, 6.07) is 11.8. The smallest absolute Gasteiger partial charge is 0.247 e. The van der Waals surface area contributed by atoms with Crippen LogP contribution in [0.2, 0.25) is 0 Å². The maximum Gasteiger partial charge on any atom is 0.247 e.